The van der Waals surface area contributed by atoms with Gasteiger partial charge in [0.15, 0.2) is 0 Å². The van der Waals surface area contributed by atoms with Gasteiger partial charge in [-0.05, 0) is 6.92 Å². The van der Waals surface area contributed by atoms with Gasteiger partial charge >= 0.3 is 0 Å². The van der Waals surface area contributed by atoms with E-state index in [4.69, 9.17) is 10.00 Å². The standard InChI is InChI=1S/C12H10N2OS/c1-2-15-12-14-11(10(8-13)16-12)9-6-4-3-5-7-9/h3-7H,2H2,1H3. The quantitative estimate of drug-likeness (QED) is 0.814. The van der Waals surface area contributed by atoms with Crippen molar-refractivity contribution in [3.63, 3.8) is 0 Å². The molecule has 0 N–H and O–H groups in total. The summed E-state index contributed by atoms with van der Waals surface area (Å²) >= 11 is 1.28. The zero-order chi connectivity index (χ0) is 11.4. The zero-order valence-corrected chi connectivity index (χ0v) is 9.62. The molecule has 1 aromatic heterocycles. The van der Waals surface area contributed by atoms with Gasteiger partial charge in [-0.25, -0.2) is 4.98 Å². The summed E-state index contributed by atoms with van der Waals surface area (Å²) in [7, 11) is 0. The summed E-state index contributed by atoms with van der Waals surface area (Å²) in [5.74, 6) is 0. The number of hydrogen-bond acceptors (Lipinski definition) is 4. The van der Waals surface area contributed by atoms with E-state index in [2.05, 4.69) is 11.1 Å². The fourth-order valence-electron chi connectivity index (χ4n) is 1.35. The highest BCUT2D eigenvalue weighted by Gasteiger charge is 2.12. The second-order valence-corrected chi connectivity index (χ2v) is 4.03. The largest absolute Gasteiger partial charge is 0.470 e. The molecule has 0 saturated carbocycles. The van der Waals surface area contributed by atoms with Gasteiger partial charge in [0, 0.05) is 5.56 Å². The van der Waals surface area contributed by atoms with E-state index in [1.807, 2.05) is 37.3 Å². The summed E-state index contributed by atoms with van der Waals surface area (Å²) in [5.41, 5.74) is 1.65. The summed E-state index contributed by atoms with van der Waals surface area (Å²) in [6.45, 7) is 2.46. The number of ether oxygens (including phenoxy) is 1. The Morgan fingerprint density at radius 2 is 2.12 bits per heavy atom. The molecule has 0 amide bonds. The van der Waals surface area contributed by atoms with Gasteiger partial charge in [-0.15, -0.1) is 0 Å². The Kier molecular flexibility index (Phi) is 3.18. The number of rotatable bonds is 3. The number of benzene rings is 1. The predicted molar refractivity (Wildman–Crippen MR) is 63.4 cm³/mol. The minimum absolute atomic E-state index is 0.554. The molecule has 0 bridgehead atoms. The number of hydrogen-bond donors (Lipinski definition) is 0. The van der Waals surface area contributed by atoms with Crippen molar-refractivity contribution in [3.8, 4) is 22.5 Å². The van der Waals surface area contributed by atoms with Crippen LogP contribution in [-0.2, 0) is 0 Å². The van der Waals surface area contributed by atoms with Crippen LogP contribution in [0.3, 0.4) is 0 Å². The topological polar surface area (TPSA) is 45.9 Å². The lowest BCUT2D eigenvalue weighted by molar-refractivity contribution is 0.338. The van der Waals surface area contributed by atoms with Crippen molar-refractivity contribution in [2.75, 3.05) is 6.61 Å². The Labute approximate surface area is 97.9 Å². The van der Waals surface area contributed by atoms with E-state index in [0.29, 0.717) is 22.4 Å². The van der Waals surface area contributed by atoms with Gasteiger partial charge in [0.05, 0.1) is 6.61 Å². The van der Waals surface area contributed by atoms with Crippen LogP contribution in [0.25, 0.3) is 11.3 Å². The van der Waals surface area contributed by atoms with Crippen LogP contribution < -0.4 is 4.74 Å². The minimum Gasteiger partial charge on any atom is -0.470 e. The Morgan fingerprint density at radius 3 is 2.75 bits per heavy atom. The first-order chi connectivity index (χ1) is 7.85. The number of nitrogens with zero attached hydrogens (tertiary/aromatic N) is 2. The van der Waals surface area contributed by atoms with Crippen LogP contribution in [-0.4, -0.2) is 11.6 Å². The average molecular weight is 230 g/mol. The van der Waals surface area contributed by atoms with Crippen molar-refractivity contribution in [3.05, 3.63) is 35.2 Å². The van der Waals surface area contributed by atoms with Gasteiger partial charge in [0.2, 0.25) is 0 Å². The lowest BCUT2D eigenvalue weighted by Gasteiger charge is -1.96. The monoisotopic (exact) mass is 230 g/mol. The molecule has 0 aliphatic rings. The van der Waals surface area contributed by atoms with Crippen LogP contribution >= 0.6 is 11.3 Å². The Balaban J connectivity index is 2.45. The molecule has 2 aromatic rings. The highest BCUT2D eigenvalue weighted by atomic mass is 32.1. The molecule has 3 nitrogen and oxygen atoms in total. The van der Waals surface area contributed by atoms with E-state index in [-0.39, 0.29) is 0 Å². The molecule has 0 saturated heterocycles. The smallest absolute Gasteiger partial charge is 0.275 e. The van der Waals surface area contributed by atoms with E-state index in [0.717, 1.165) is 5.56 Å². The molecule has 1 aromatic carbocycles. The third kappa shape index (κ3) is 2.05. The minimum atomic E-state index is 0.554. The summed E-state index contributed by atoms with van der Waals surface area (Å²) in [5, 5.41) is 9.58. The molecule has 1 heterocycles. The Hall–Kier alpha value is -1.86. The van der Waals surface area contributed by atoms with Crippen LogP contribution in [0.5, 0.6) is 5.19 Å². The lowest BCUT2D eigenvalue weighted by atomic mass is 10.1. The van der Waals surface area contributed by atoms with Gasteiger partial charge < -0.3 is 4.74 Å². The Morgan fingerprint density at radius 1 is 1.38 bits per heavy atom. The number of nitriles is 1. The van der Waals surface area contributed by atoms with E-state index in [9.17, 15) is 0 Å². The maximum Gasteiger partial charge on any atom is 0.275 e. The van der Waals surface area contributed by atoms with Crippen molar-refractivity contribution >= 4 is 11.3 Å². The van der Waals surface area contributed by atoms with Gasteiger partial charge in [-0.1, -0.05) is 41.7 Å². The highest BCUT2D eigenvalue weighted by molar-refractivity contribution is 7.14. The highest BCUT2D eigenvalue weighted by Crippen LogP contribution is 2.31. The average Bonchev–Trinajstić information content (AvgIpc) is 2.74. The van der Waals surface area contributed by atoms with Crippen LogP contribution in [0.15, 0.2) is 30.3 Å². The molecule has 16 heavy (non-hydrogen) atoms. The molecule has 0 spiro atoms. The van der Waals surface area contributed by atoms with E-state index in [1.54, 1.807) is 0 Å². The van der Waals surface area contributed by atoms with E-state index < -0.39 is 0 Å². The molecule has 0 unspecified atom stereocenters. The summed E-state index contributed by atoms with van der Waals surface area (Å²) in [6.07, 6.45) is 0. The molecular formula is C12H10N2OS. The molecule has 4 heteroatoms. The first-order valence-electron chi connectivity index (χ1n) is 4.94. The second kappa shape index (κ2) is 4.77. The third-order valence-electron chi connectivity index (χ3n) is 2.02. The lowest BCUT2D eigenvalue weighted by Crippen LogP contribution is -1.89. The van der Waals surface area contributed by atoms with Crippen molar-refractivity contribution in [2.24, 2.45) is 0 Å². The molecule has 0 aliphatic carbocycles. The molecule has 80 valence electrons. The first-order valence-corrected chi connectivity index (χ1v) is 5.76. The predicted octanol–water partition coefficient (Wildman–Crippen LogP) is 3.08. The summed E-state index contributed by atoms with van der Waals surface area (Å²) in [4.78, 5) is 4.91. The third-order valence-corrected chi connectivity index (χ3v) is 2.90. The van der Waals surface area contributed by atoms with Crippen molar-refractivity contribution in [1.29, 1.82) is 5.26 Å². The zero-order valence-electron chi connectivity index (χ0n) is 8.80. The SMILES string of the molecule is CCOc1nc(-c2ccccc2)c(C#N)s1. The first kappa shape index (κ1) is 10.7. The van der Waals surface area contributed by atoms with Crippen LogP contribution in [0, 0.1) is 11.3 Å². The van der Waals surface area contributed by atoms with Gasteiger partial charge in [0.25, 0.3) is 5.19 Å². The van der Waals surface area contributed by atoms with Crippen LogP contribution in [0.2, 0.25) is 0 Å². The second-order valence-electron chi connectivity index (χ2n) is 3.07. The number of aromatic nitrogens is 1. The number of thiazole rings is 1. The Bertz CT molecular complexity index is 514. The summed E-state index contributed by atoms with van der Waals surface area (Å²) < 4.78 is 5.31. The maximum absolute atomic E-state index is 9.03. The fraction of sp³-hybridized carbons (Fsp3) is 0.167. The van der Waals surface area contributed by atoms with E-state index >= 15 is 0 Å². The fourth-order valence-corrected chi connectivity index (χ4v) is 2.15. The van der Waals surface area contributed by atoms with Crippen molar-refractivity contribution in [2.45, 2.75) is 6.92 Å². The molecule has 0 radical (unpaired) electrons. The van der Waals surface area contributed by atoms with E-state index in [1.165, 1.54) is 11.3 Å². The molecule has 2 rings (SSSR count). The van der Waals surface area contributed by atoms with Crippen LogP contribution in [0.4, 0.5) is 0 Å². The van der Waals surface area contributed by atoms with Gasteiger partial charge in [-0.3, -0.25) is 0 Å². The van der Waals surface area contributed by atoms with Crippen molar-refractivity contribution < 1.29 is 4.74 Å². The van der Waals surface area contributed by atoms with Gasteiger partial charge in [-0.2, -0.15) is 5.26 Å². The molecule has 0 fully saturated rings. The maximum atomic E-state index is 9.03. The molecule has 0 aliphatic heterocycles. The molecular weight excluding hydrogens is 220 g/mol. The summed E-state index contributed by atoms with van der Waals surface area (Å²) in [6, 6.07) is 11.8. The normalized spacial score (nSPS) is 9.75. The van der Waals surface area contributed by atoms with Crippen LogP contribution in [0.1, 0.15) is 11.8 Å². The van der Waals surface area contributed by atoms with Gasteiger partial charge in [0.1, 0.15) is 16.6 Å². The molecule has 0 atom stereocenters. The van der Waals surface area contributed by atoms with Crippen molar-refractivity contribution in [1.82, 2.24) is 4.98 Å².